The van der Waals surface area contributed by atoms with Crippen LogP contribution in [-0.2, 0) is 9.59 Å². The number of Topliss-reactive ketones (excluding diaryl/α,β-unsaturated/α-hetero) is 1. The van der Waals surface area contributed by atoms with E-state index in [9.17, 15) is 14.4 Å². The smallest absolute Gasteiger partial charge is 0.237 e. The molecule has 6 heteroatoms. The molecule has 2 aliphatic rings. The number of hydrogen-bond acceptors (Lipinski definition) is 4. The minimum atomic E-state index is -0.197. The Labute approximate surface area is 168 Å². The van der Waals surface area contributed by atoms with E-state index in [1.54, 1.807) is 48.5 Å². The number of hydrogen-bond donors (Lipinski definition) is 0. The van der Waals surface area contributed by atoms with Crippen LogP contribution < -0.4 is 9.64 Å². The Hall–Kier alpha value is -2.66. The summed E-state index contributed by atoms with van der Waals surface area (Å²) in [6.07, 6.45) is 3.53. The molecule has 0 N–H and O–H groups in total. The Morgan fingerprint density at radius 3 is 2.29 bits per heavy atom. The van der Waals surface area contributed by atoms with Crippen molar-refractivity contribution < 1.29 is 19.1 Å². The zero-order valence-electron chi connectivity index (χ0n) is 15.3. The van der Waals surface area contributed by atoms with Crippen LogP contribution in [0.5, 0.6) is 5.75 Å². The first-order chi connectivity index (χ1) is 13.5. The number of ketones is 1. The van der Waals surface area contributed by atoms with Gasteiger partial charge in [-0.3, -0.25) is 14.4 Å². The second-order valence-electron chi connectivity index (χ2n) is 7.23. The van der Waals surface area contributed by atoms with Crippen LogP contribution >= 0.6 is 11.6 Å². The minimum Gasteiger partial charge on any atom is -0.485 e. The maximum Gasteiger partial charge on any atom is 0.237 e. The van der Waals surface area contributed by atoms with Crippen molar-refractivity contribution in [1.29, 1.82) is 0 Å². The van der Waals surface area contributed by atoms with E-state index < -0.39 is 0 Å². The van der Waals surface area contributed by atoms with Gasteiger partial charge in [0.2, 0.25) is 11.8 Å². The van der Waals surface area contributed by atoms with Crippen LogP contribution in [0.4, 0.5) is 5.69 Å². The Kier molecular flexibility index (Phi) is 5.18. The number of carbonyl (C=O) groups is 3. The Bertz CT molecular complexity index is 900. The van der Waals surface area contributed by atoms with E-state index in [1.807, 2.05) is 0 Å². The molecule has 1 aliphatic heterocycles. The van der Waals surface area contributed by atoms with E-state index in [4.69, 9.17) is 16.3 Å². The van der Waals surface area contributed by atoms with E-state index in [2.05, 4.69) is 0 Å². The first-order valence-electron chi connectivity index (χ1n) is 9.44. The van der Waals surface area contributed by atoms with Crippen LogP contribution in [0.25, 0.3) is 0 Å². The number of fused-ring (bicyclic) bond motifs is 1. The first-order valence-corrected chi connectivity index (χ1v) is 9.82. The number of carbonyl (C=O) groups excluding carboxylic acids is 3. The molecule has 2 amide bonds. The van der Waals surface area contributed by atoms with Crippen molar-refractivity contribution in [1.82, 2.24) is 0 Å². The molecule has 1 aliphatic carbocycles. The Balaban J connectivity index is 1.47. The third-order valence-electron chi connectivity index (χ3n) is 5.45. The fourth-order valence-corrected chi connectivity index (χ4v) is 4.12. The maximum absolute atomic E-state index is 12.7. The zero-order valence-corrected chi connectivity index (χ0v) is 16.0. The summed E-state index contributed by atoms with van der Waals surface area (Å²) < 4.78 is 5.61. The fourth-order valence-electron chi connectivity index (χ4n) is 4.00. The SMILES string of the molecule is O=C(COc1cccc(N2C(=O)C3CCCCC3C2=O)c1)c1ccc(Cl)cc1. The highest BCUT2D eigenvalue weighted by atomic mass is 35.5. The van der Waals surface area contributed by atoms with Crippen LogP contribution in [0.2, 0.25) is 5.02 Å². The van der Waals surface area contributed by atoms with Gasteiger partial charge in [-0.25, -0.2) is 4.90 Å². The molecule has 1 saturated heterocycles. The number of imide groups is 1. The van der Waals surface area contributed by atoms with Gasteiger partial charge in [0, 0.05) is 16.7 Å². The molecule has 5 nitrogen and oxygen atoms in total. The van der Waals surface area contributed by atoms with Gasteiger partial charge < -0.3 is 4.74 Å². The standard InChI is InChI=1S/C22H20ClNO4/c23-15-10-8-14(9-11-15)20(25)13-28-17-5-3-4-16(12-17)24-21(26)18-6-1-2-7-19(18)22(24)27/h3-5,8-12,18-19H,1-2,6-7,13H2. The Morgan fingerprint density at radius 2 is 1.64 bits per heavy atom. The van der Waals surface area contributed by atoms with Gasteiger partial charge in [0.25, 0.3) is 0 Å². The summed E-state index contributed by atoms with van der Waals surface area (Å²) in [5.74, 6) is -0.375. The molecule has 0 spiro atoms. The molecular formula is C22H20ClNO4. The van der Waals surface area contributed by atoms with E-state index in [0.717, 1.165) is 25.7 Å². The molecule has 0 radical (unpaired) electrons. The average molecular weight is 398 g/mol. The molecule has 4 rings (SSSR count). The Morgan fingerprint density at radius 1 is 1.00 bits per heavy atom. The molecule has 2 aromatic carbocycles. The minimum absolute atomic E-state index is 0.121. The predicted molar refractivity (Wildman–Crippen MR) is 106 cm³/mol. The van der Waals surface area contributed by atoms with Gasteiger partial charge in [0.05, 0.1) is 17.5 Å². The quantitative estimate of drug-likeness (QED) is 0.558. The van der Waals surface area contributed by atoms with E-state index >= 15 is 0 Å². The van der Waals surface area contributed by atoms with E-state index in [0.29, 0.717) is 22.0 Å². The topological polar surface area (TPSA) is 63.7 Å². The summed E-state index contributed by atoms with van der Waals surface area (Å²) in [6, 6.07) is 13.4. The zero-order chi connectivity index (χ0) is 19.7. The van der Waals surface area contributed by atoms with Crippen molar-refractivity contribution in [2.45, 2.75) is 25.7 Å². The molecule has 144 valence electrons. The highest BCUT2D eigenvalue weighted by Gasteiger charge is 2.48. The molecule has 1 heterocycles. The van der Waals surface area contributed by atoms with Gasteiger partial charge in [0.1, 0.15) is 5.75 Å². The number of nitrogens with zero attached hydrogens (tertiary/aromatic N) is 1. The van der Waals surface area contributed by atoms with Crippen molar-refractivity contribution in [3.8, 4) is 5.75 Å². The van der Waals surface area contributed by atoms with Gasteiger partial charge >= 0.3 is 0 Å². The number of ether oxygens (including phenoxy) is 1. The number of anilines is 1. The molecule has 2 aromatic rings. The second kappa shape index (κ2) is 7.76. The highest BCUT2D eigenvalue weighted by Crippen LogP contribution is 2.40. The third-order valence-corrected chi connectivity index (χ3v) is 5.71. The highest BCUT2D eigenvalue weighted by molar-refractivity contribution is 6.30. The first kappa shape index (κ1) is 18.7. The summed E-state index contributed by atoms with van der Waals surface area (Å²) in [4.78, 5) is 39.0. The maximum atomic E-state index is 12.7. The van der Waals surface area contributed by atoms with Crippen molar-refractivity contribution in [3.05, 3.63) is 59.1 Å². The van der Waals surface area contributed by atoms with Crippen LogP contribution in [0, 0.1) is 11.8 Å². The molecular weight excluding hydrogens is 378 g/mol. The summed E-state index contributed by atoms with van der Waals surface area (Å²) in [5, 5.41) is 0.561. The lowest BCUT2D eigenvalue weighted by atomic mass is 9.81. The number of rotatable bonds is 5. The van der Waals surface area contributed by atoms with Crippen molar-refractivity contribution in [2.24, 2.45) is 11.8 Å². The monoisotopic (exact) mass is 397 g/mol. The summed E-state index contributed by atoms with van der Waals surface area (Å²) in [5.41, 5.74) is 1.01. The predicted octanol–water partition coefficient (Wildman–Crippen LogP) is 4.28. The van der Waals surface area contributed by atoms with Gasteiger partial charge in [-0.1, -0.05) is 30.5 Å². The fraction of sp³-hybridized carbons (Fsp3) is 0.318. The molecule has 0 bridgehead atoms. The summed E-state index contributed by atoms with van der Waals surface area (Å²) in [7, 11) is 0. The largest absolute Gasteiger partial charge is 0.485 e. The molecule has 2 atom stereocenters. The number of benzene rings is 2. The van der Waals surface area contributed by atoms with Gasteiger partial charge in [0.15, 0.2) is 12.4 Å². The lowest BCUT2D eigenvalue weighted by Gasteiger charge is -2.19. The van der Waals surface area contributed by atoms with E-state index in [1.165, 1.54) is 4.90 Å². The van der Waals surface area contributed by atoms with Crippen molar-refractivity contribution in [3.63, 3.8) is 0 Å². The number of halogens is 1. The normalized spacial score (nSPS) is 21.5. The lowest BCUT2D eigenvalue weighted by molar-refractivity contribution is -0.122. The third kappa shape index (κ3) is 3.54. The second-order valence-corrected chi connectivity index (χ2v) is 7.66. The molecule has 2 unspecified atom stereocenters. The van der Waals surface area contributed by atoms with Crippen LogP contribution in [0.15, 0.2) is 48.5 Å². The van der Waals surface area contributed by atoms with Crippen molar-refractivity contribution >= 4 is 34.9 Å². The van der Waals surface area contributed by atoms with Crippen LogP contribution in [0.3, 0.4) is 0 Å². The molecule has 2 fully saturated rings. The van der Waals surface area contributed by atoms with E-state index in [-0.39, 0.29) is 36.0 Å². The van der Waals surface area contributed by atoms with Gasteiger partial charge in [-0.15, -0.1) is 0 Å². The molecule has 28 heavy (non-hydrogen) atoms. The molecule has 0 aromatic heterocycles. The van der Waals surface area contributed by atoms with Crippen LogP contribution in [0.1, 0.15) is 36.0 Å². The lowest BCUT2D eigenvalue weighted by Crippen LogP contribution is -2.30. The molecule has 1 saturated carbocycles. The summed E-state index contributed by atoms with van der Waals surface area (Å²) >= 11 is 5.84. The van der Waals surface area contributed by atoms with Crippen molar-refractivity contribution in [2.75, 3.05) is 11.5 Å². The average Bonchev–Trinajstić information content (AvgIpc) is 2.98. The van der Waals surface area contributed by atoms with Gasteiger partial charge in [-0.2, -0.15) is 0 Å². The van der Waals surface area contributed by atoms with Crippen LogP contribution in [-0.4, -0.2) is 24.2 Å². The number of amides is 2. The summed E-state index contributed by atoms with van der Waals surface area (Å²) in [6.45, 7) is -0.141. The van der Waals surface area contributed by atoms with Gasteiger partial charge in [-0.05, 0) is 49.2 Å².